The Labute approximate surface area is 145 Å². The highest BCUT2D eigenvalue weighted by atomic mass is 32.2. The highest BCUT2D eigenvalue weighted by Gasteiger charge is 2.03. The molecule has 2 rings (SSSR count). The van der Waals surface area contributed by atoms with Crippen LogP contribution in [0, 0.1) is 5.82 Å². The van der Waals surface area contributed by atoms with Crippen LogP contribution in [0.2, 0.25) is 0 Å². The van der Waals surface area contributed by atoms with Gasteiger partial charge in [-0.05, 0) is 47.6 Å². The third-order valence-corrected chi connectivity index (χ3v) is 4.52. The van der Waals surface area contributed by atoms with Crippen molar-refractivity contribution in [3.63, 3.8) is 0 Å². The highest BCUT2D eigenvalue weighted by molar-refractivity contribution is 7.99. The molecular weight excluding hydrogens is 327 g/mol. The van der Waals surface area contributed by atoms with Gasteiger partial charge in [0, 0.05) is 18.0 Å². The molecule has 0 fully saturated rings. The molecule has 0 saturated carbocycles. The molecule has 0 spiro atoms. The van der Waals surface area contributed by atoms with Crippen LogP contribution in [0.5, 0.6) is 0 Å². The van der Waals surface area contributed by atoms with Gasteiger partial charge in [-0.2, -0.15) is 0 Å². The van der Waals surface area contributed by atoms with Crippen molar-refractivity contribution in [1.82, 2.24) is 10.6 Å². The largest absolute Gasteiger partial charge is 0.392 e. The van der Waals surface area contributed by atoms with E-state index in [1.165, 1.54) is 12.1 Å². The number of thioether (sulfide) groups is 1. The summed E-state index contributed by atoms with van der Waals surface area (Å²) >= 11 is 1.63. The fourth-order valence-corrected chi connectivity index (χ4v) is 2.97. The Hall–Kier alpha value is -2.05. The normalized spacial score (nSPS) is 10.4. The van der Waals surface area contributed by atoms with Gasteiger partial charge in [0.1, 0.15) is 5.82 Å². The lowest BCUT2D eigenvalue weighted by molar-refractivity contribution is 0.240. The lowest BCUT2D eigenvalue weighted by Crippen LogP contribution is -2.35. The molecule has 3 N–H and O–H groups in total. The Kier molecular flexibility index (Phi) is 7.58. The molecule has 4 nitrogen and oxygen atoms in total. The smallest absolute Gasteiger partial charge is 0.315 e. The van der Waals surface area contributed by atoms with Gasteiger partial charge in [0.2, 0.25) is 0 Å². The van der Waals surface area contributed by atoms with Crippen molar-refractivity contribution in [1.29, 1.82) is 0 Å². The van der Waals surface area contributed by atoms with Crippen molar-refractivity contribution in [3.8, 4) is 0 Å². The molecule has 0 saturated heterocycles. The van der Waals surface area contributed by atoms with Crippen molar-refractivity contribution in [3.05, 3.63) is 65.5 Å². The summed E-state index contributed by atoms with van der Waals surface area (Å²) in [6.45, 7) is 0.911. The maximum Gasteiger partial charge on any atom is 0.315 e. The minimum absolute atomic E-state index is 0.0416. The summed E-state index contributed by atoms with van der Waals surface area (Å²) in [6.07, 6.45) is 0.822. The Morgan fingerprint density at radius 3 is 2.46 bits per heavy atom. The van der Waals surface area contributed by atoms with Gasteiger partial charge in [-0.25, -0.2) is 9.18 Å². The molecule has 0 unspecified atom stereocenters. The Morgan fingerprint density at radius 2 is 1.75 bits per heavy atom. The molecule has 2 aromatic rings. The molecule has 0 aromatic heterocycles. The maximum absolute atomic E-state index is 12.8. The standard InChI is InChI=1S/C18H21FN2O2S/c19-16-6-8-17(9-7-16)24-11-3-10-20-18(23)21-12-14-4-1-2-5-15(14)13-22/h1-2,4-9,22H,3,10-13H2,(H2,20,21,23). The number of aliphatic hydroxyl groups excluding tert-OH is 1. The summed E-state index contributed by atoms with van der Waals surface area (Å²) in [5.41, 5.74) is 1.72. The highest BCUT2D eigenvalue weighted by Crippen LogP contribution is 2.18. The van der Waals surface area contributed by atoms with E-state index in [0.717, 1.165) is 28.2 Å². The van der Waals surface area contributed by atoms with Crippen LogP contribution < -0.4 is 10.6 Å². The number of aliphatic hydroxyl groups is 1. The maximum atomic E-state index is 12.8. The van der Waals surface area contributed by atoms with Gasteiger partial charge in [0.05, 0.1) is 6.61 Å². The van der Waals surface area contributed by atoms with Crippen molar-refractivity contribution in [2.75, 3.05) is 12.3 Å². The van der Waals surface area contributed by atoms with Gasteiger partial charge in [-0.1, -0.05) is 24.3 Å². The van der Waals surface area contributed by atoms with E-state index < -0.39 is 0 Å². The van der Waals surface area contributed by atoms with E-state index in [2.05, 4.69) is 10.6 Å². The summed E-state index contributed by atoms with van der Waals surface area (Å²) in [5.74, 6) is 0.611. The van der Waals surface area contributed by atoms with Crippen molar-refractivity contribution in [2.24, 2.45) is 0 Å². The van der Waals surface area contributed by atoms with Crippen LogP contribution in [-0.4, -0.2) is 23.4 Å². The third kappa shape index (κ3) is 6.22. The summed E-state index contributed by atoms with van der Waals surface area (Å²) in [6, 6.07) is 13.6. The Morgan fingerprint density at radius 1 is 1.04 bits per heavy atom. The van der Waals surface area contributed by atoms with E-state index in [1.807, 2.05) is 24.3 Å². The predicted octanol–water partition coefficient (Wildman–Crippen LogP) is 3.30. The number of rotatable bonds is 8. The SMILES string of the molecule is O=C(NCCCSc1ccc(F)cc1)NCc1ccccc1CO. The van der Waals surface area contributed by atoms with Crippen LogP contribution in [0.4, 0.5) is 9.18 Å². The monoisotopic (exact) mass is 348 g/mol. The summed E-state index contributed by atoms with van der Waals surface area (Å²) < 4.78 is 12.8. The van der Waals surface area contributed by atoms with Crippen LogP contribution in [0.3, 0.4) is 0 Å². The quantitative estimate of drug-likeness (QED) is 0.507. The van der Waals surface area contributed by atoms with Gasteiger partial charge in [-0.3, -0.25) is 0 Å². The number of hydrogen-bond acceptors (Lipinski definition) is 3. The molecule has 0 heterocycles. The fourth-order valence-electron chi connectivity index (χ4n) is 2.12. The van der Waals surface area contributed by atoms with Gasteiger partial charge in [0.25, 0.3) is 0 Å². The number of urea groups is 1. The summed E-state index contributed by atoms with van der Waals surface area (Å²) in [7, 11) is 0. The molecule has 0 aliphatic carbocycles. The van der Waals surface area contributed by atoms with E-state index in [-0.39, 0.29) is 18.5 Å². The van der Waals surface area contributed by atoms with E-state index in [4.69, 9.17) is 0 Å². The minimum Gasteiger partial charge on any atom is -0.392 e. The van der Waals surface area contributed by atoms with Gasteiger partial charge < -0.3 is 15.7 Å². The van der Waals surface area contributed by atoms with Crippen LogP contribution in [0.15, 0.2) is 53.4 Å². The van der Waals surface area contributed by atoms with E-state index >= 15 is 0 Å². The lowest BCUT2D eigenvalue weighted by atomic mass is 10.1. The summed E-state index contributed by atoms with van der Waals surface area (Å²) in [5, 5.41) is 14.8. The number of hydrogen-bond donors (Lipinski definition) is 3. The van der Waals surface area contributed by atoms with Gasteiger partial charge in [0.15, 0.2) is 0 Å². The topological polar surface area (TPSA) is 61.4 Å². The molecule has 0 radical (unpaired) electrons. The average molecular weight is 348 g/mol. The van der Waals surface area contributed by atoms with Crippen molar-refractivity contribution in [2.45, 2.75) is 24.5 Å². The first-order chi connectivity index (χ1) is 11.7. The van der Waals surface area contributed by atoms with E-state index in [9.17, 15) is 14.3 Å². The molecule has 0 atom stereocenters. The zero-order valence-corrected chi connectivity index (χ0v) is 14.1. The number of carbonyl (C=O) groups excluding carboxylic acids is 1. The van der Waals surface area contributed by atoms with Crippen molar-refractivity contribution >= 4 is 17.8 Å². The van der Waals surface area contributed by atoms with Crippen LogP contribution in [0.1, 0.15) is 17.5 Å². The first-order valence-electron chi connectivity index (χ1n) is 7.77. The average Bonchev–Trinajstić information content (AvgIpc) is 2.61. The Bertz CT molecular complexity index is 650. The number of halogens is 1. The molecule has 0 bridgehead atoms. The molecule has 128 valence electrons. The van der Waals surface area contributed by atoms with Crippen LogP contribution >= 0.6 is 11.8 Å². The first kappa shape index (κ1) is 18.3. The van der Waals surface area contributed by atoms with Crippen LogP contribution in [0.25, 0.3) is 0 Å². The number of benzene rings is 2. The molecule has 0 aliphatic rings. The van der Waals surface area contributed by atoms with Gasteiger partial charge in [-0.15, -0.1) is 11.8 Å². The zero-order chi connectivity index (χ0) is 17.2. The molecule has 24 heavy (non-hydrogen) atoms. The predicted molar refractivity (Wildman–Crippen MR) is 94.3 cm³/mol. The fraction of sp³-hybridized carbons (Fsp3) is 0.278. The number of nitrogens with one attached hydrogen (secondary N) is 2. The second-order valence-electron chi connectivity index (χ2n) is 5.19. The Balaban J connectivity index is 1.60. The zero-order valence-electron chi connectivity index (χ0n) is 13.3. The third-order valence-electron chi connectivity index (χ3n) is 3.42. The van der Waals surface area contributed by atoms with E-state index in [1.54, 1.807) is 23.9 Å². The second kappa shape index (κ2) is 9.95. The van der Waals surface area contributed by atoms with E-state index in [0.29, 0.717) is 13.1 Å². The molecule has 0 aliphatic heterocycles. The van der Waals surface area contributed by atoms with Crippen LogP contribution in [-0.2, 0) is 13.2 Å². The molecule has 6 heteroatoms. The number of carbonyl (C=O) groups is 1. The summed E-state index contributed by atoms with van der Waals surface area (Å²) in [4.78, 5) is 12.8. The molecular formula is C18H21FN2O2S. The lowest BCUT2D eigenvalue weighted by Gasteiger charge is -2.10. The minimum atomic E-state index is -0.236. The first-order valence-corrected chi connectivity index (χ1v) is 8.75. The molecule has 2 amide bonds. The molecule has 2 aromatic carbocycles. The second-order valence-corrected chi connectivity index (χ2v) is 6.36. The van der Waals surface area contributed by atoms with Gasteiger partial charge >= 0.3 is 6.03 Å². The number of amides is 2. The van der Waals surface area contributed by atoms with Crippen molar-refractivity contribution < 1.29 is 14.3 Å².